The molecule has 0 heterocycles. The highest BCUT2D eigenvalue weighted by Gasteiger charge is 2.40. The van der Waals surface area contributed by atoms with Gasteiger partial charge in [-0.2, -0.15) is 0 Å². The highest BCUT2D eigenvalue weighted by Crippen LogP contribution is 2.44. The lowest BCUT2D eigenvalue weighted by atomic mass is 9.95. The number of carbonyl (C=O) groups is 1. The standard InChI is InChI=1S/C22H26N2O4S/c1-28-19-7-5-6-18(14-19)24(29(26,27)20-8-3-2-4-9-20)15-22(25)23-21-13-16-10-11-17(21)12-16/h2-9,14,16-17,21H,10-13,15H2,1H3,(H,23,25)/t16-,17-,21-/m1/s1. The quantitative estimate of drug-likeness (QED) is 0.755. The monoisotopic (exact) mass is 414 g/mol. The molecule has 6 nitrogen and oxygen atoms in total. The minimum Gasteiger partial charge on any atom is -0.497 e. The number of hydrogen-bond acceptors (Lipinski definition) is 4. The molecule has 7 heteroatoms. The van der Waals surface area contributed by atoms with E-state index >= 15 is 0 Å². The SMILES string of the molecule is COc1cccc(N(CC(=O)N[C@@H]2C[C@@H]3CC[C@@H]2C3)S(=O)(=O)c2ccccc2)c1. The van der Waals surface area contributed by atoms with E-state index in [-0.39, 0.29) is 23.4 Å². The van der Waals surface area contributed by atoms with Crippen LogP contribution in [-0.2, 0) is 14.8 Å². The molecule has 2 aliphatic carbocycles. The van der Waals surface area contributed by atoms with Crippen LogP contribution in [0.1, 0.15) is 25.7 Å². The maximum Gasteiger partial charge on any atom is 0.264 e. The Morgan fingerprint density at radius 1 is 1.10 bits per heavy atom. The van der Waals surface area contributed by atoms with Crippen LogP contribution in [0.15, 0.2) is 59.5 Å². The van der Waals surface area contributed by atoms with Crippen molar-refractivity contribution in [3.63, 3.8) is 0 Å². The number of ether oxygens (including phenoxy) is 1. The molecule has 4 rings (SSSR count). The van der Waals surface area contributed by atoms with Gasteiger partial charge in [-0.05, 0) is 55.4 Å². The molecule has 1 N–H and O–H groups in total. The van der Waals surface area contributed by atoms with Crippen LogP contribution < -0.4 is 14.4 Å². The molecular formula is C22H26N2O4S. The molecule has 2 saturated carbocycles. The van der Waals surface area contributed by atoms with Gasteiger partial charge in [0.1, 0.15) is 12.3 Å². The van der Waals surface area contributed by atoms with Gasteiger partial charge in [-0.25, -0.2) is 8.42 Å². The summed E-state index contributed by atoms with van der Waals surface area (Å²) in [7, 11) is -2.38. The number of carbonyl (C=O) groups excluding carboxylic acids is 1. The molecule has 0 spiro atoms. The normalized spacial score (nSPS) is 23.0. The van der Waals surface area contributed by atoms with Crippen molar-refractivity contribution in [2.45, 2.75) is 36.6 Å². The van der Waals surface area contributed by atoms with Crippen molar-refractivity contribution >= 4 is 21.6 Å². The van der Waals surface area contributed by atoms with Gasteiger partial charge in [0.2, 0.25) is 5.91 Å². The molecule has 0 unspecified atom stereocenters. The van der Waals surface area contributed by atoms with Gasteiger partial charge in [0, 0.05) is 12.1 Å². The molecular weight excluding hydrogens is 388 g/mol. The minimum absolute atomic E-state index is 0.149. The molecule has 0 saturated heterocycles. The van der Waals surface area contributed by atoms with Crippen molar-refractivity contribution in [3.05, 3.63) is 54.6 Å². The summed E-state index contributed by atoms with van der Waals surface area (Å²) in [6, 6.07) is 15.1. The molecule has 0 radical (unpaired) electrons. The third-order valence-corrected chi connectivity index (χ3v) is 7.83. The molecule has 2 bridgehead atoms. The molecule has 3 atom stereocenters. The zero-order valence-corrected chi connectivity index (χ0v) is 17.3. The first-order valence-electron chi connectivity index (χ1n) is 9.98. The number of benzene rings is 2. The average Bonchev–Trinajstić information content (AvgIpc) is 3.36. The average molecular weight is 415 g/mol. The molecule has 2 aromatic rings. The second-order valence-electron chi connectivity index (χ2n) is 7.88. The van der Waals surface area contributed by atoms with Crippen molar-refractivity contribution in [2.75, 3.05) is 18.0 Å². The second kappa shape index (κ2) is 8.06. The number of fused-ring (bicyclic) bond motifs is 2. The van der Waals surface area contributed by atoms with Crippen LogP contribution in [0.25, 0.3) is 0 Å². The fourth-order valence-electron chi connectivity index (χ4n) is 4.60. The summed E-state index contributed by atoms with van der Waals surface area (Å²) in [6.07, 6.45) is 4.57. The van der Waals surface area contributed by atoms with Gasteiger partial charge in [0.15, 0.2) is 0 Å². The van der Waals surface area contributed by atoms with E-state index in [4.69, 9.17) is 4.74 Å². The van der Waals surface area contributed by atoms with E-state index in [1.807, 2.05) is 0 Å². The fraction of sp³-hybridized carbons (Fsp3) is 0.409. The van der Waals surface area contributed by atoms with Crippen LogP contribution in [0.4, 0.5) is 5.69 Å². The maximum atomic E-state index is 13.3. The first kappa shape index (κ1) is 19.8. The largest absolute Gasteiger partial charge is 0.497 e. The van der Waals surface area contributed by atoms with Crippen LogP contribution in [0.5, 0.6) is 5.75 Å². The van der Waals surface area contributed by atoms with Crippen molar-refractivity contribution < 1.29 is 17.9 Å². The van der Waals surface area contributed by atoms with Crippen LogP contribution in [-0.4, -0.2) is 34.0 Å². The summed E-state index contributed by atoms with van der Waals surface area (Å²) in [5, 5.41) is 3.09. The van der Waals surface area contributed by atoms with Gasteiger partial charge >= 0.3 is 0 Å². The van der Waals surface area contributed by atoms with Crippen molar-refractivity contribution in [2.24, 2.45) is 11.8 Å². The van der Waals surface area contributed by atoms with Crippen LogP contribution >= 0.6 is 0 Å². The molecule has 29 heavy (non-hydrogen) atoms. The number of anilines is 1. The Bertz CT molecular complexity index is 977. The van der Waals surface area contributed by atoms with E-state index in [9.17, 15) is 13.2 Å². The highest BCUT2D eigenvalue weighted by atomic mass is 32.2. The Balaban J connectivity index is 1.60. The van der Waals surface area contributed by atoms with E-state index in [0.29, 0.717) is 23.3 Å². The molecule has 2 fully saturated rings. The number of hydrogen-bond donors (Lipinski definition) is 1. The second-order valence-corrected chi connectivity index (χ2v) is 9.74. The number of rotatable bonds is 7. The number of methoxy groups -OCH3 is 1. The van der Waals surface area contributed by atoms with Crippen LogP contribution in [0, 0.1) is 11.8 Å². The molecule has 154 valence electrons. The zero-order valence-electron chi connectivity index (χ0n) is 16.5. The summed E-state index contributed by atoms with van der Waals surface area (Å²) in [6.45, 7) is -0.266. The predicted octanol–water partition coefficient (Wildman–Crippen LogP) is 3.20. The van der Waals surface area contributed by atoms with Gasteiger partial charge < -0.3 is 10.1 Å². The summed E-state index contributed by atoms with van der Waals surface area (Å²) in [5.41, 5.74) is 0.399. The van der Waals surface area contributed by atoms with E-state index in [1.54, 1.807) is 42.5 Å². The van der Waals surface area contributed by atoms with Gasteiger partial charge in [-0.15, -0.1) is 0 Å². The lowest BCUT2D eigenvalue weighted by Gasteiger charge is -2.27. The third kappa shape index (κ3) is 4.10. The maximum absolute atomic E-state index is 13.3. The Hall–Kier alpha value is -2.54. The highest BCUT2D eigenvalue weighted by molar-refractivity contribution is 7.92. The summed E-state index contributed by atoms with van der Waals surface area (Å²) < 4.78 is 33.1. The van der Waals surface area contributed by atoms with E-state index in [2.05, 4.69) is 5.32 Å². The lowest BCUT2D eigenvalue weighted by molar-refractivity contribution is -0.120. The third-order valence-electron chi connectivity index (χ3n) is 6.04. The first-order chi connectivity index (χ1) is 14.0. The smallest absolute Gasteiger partial charge is 0.264 e. The predicted molar refractivity (Wildman–Crippen MR) is 111 cm³/mol. The Morgan fingerprint density at radius 3 is 2.55 bits per heavy atom. The zero-order chi connectivity index (χ0) is 20.4. The Kier molecular flexibility index (Phi) is 5.50. The van der Waals surface area contributed by atoms with Gasteiger partial charge in [-0.3, -0.25) is 9.10 Å². The van der Waals surface area contributed by atoms with Gasteiger partial charge in [0.05, 0.1) is 17.7 Å². The fourth-order valence-corrected chi connectivity index (χ4v) is 6.04. The lowest BCUT2D eigenvalue weighted by Crippen LogP contribution is -2.46. The van der Waals surface area contributed by atoms with E-state index < -0.39 is 10.0 Å². The number of sulfonamides is 1. The number of nitrogens with zero attached hydrogens (tertiary/aromatic N) is 1. The summed E-state index contributed by atoms with van der Waals surface area (Å²) in [5.74, 6) is 1.49. The summed E-state index contributed by atoms with van der Waals surface area (Å²) >= 11 is 0. The van der Waals surface area contributed by atoms with Gasteiger partial charge in [-0.1, -0.05) is 30.7 Å². The van der Waals surface area contributed by atoms with Crippen molar-refractivity contribution in [1.82, 2.24) is 5.32 Å². The van der Waals surface area contributed by atoms with E-state index in [0.717, 1.165) is 17.1 Å². The molecule has 2 aromatic carbocycles. The van der Waals surface area contributed by atoms with Crippen molar-refractivity contribution in [3.8, 4) is 5.75 Å². The first-order valence-corrected chi connectivity index (χ1v) is 11.4. The molecule has 0 aliphatic heterocycles. The number of amides is 1. The summed E-state index contributed by atoms with van der Waals surface area (Å²) in [4.78, 5) is 13.0. The molecule has 2 aliphatic rings. The van der Waals surface area contributed by atoms with Gasteiger partial charge in [0.25, 0.3) is 10.0 Å². The number of nitrogens with one attached hydrogen (secondary N) is 1. The molecule has 0 aromatic heterocycles. The van der Waals surface area contributed by atoms with E-state index in [1.165, 1.54) is 32.1 Å². The van der Waals surface area contributed by atoms with Crippen LogP contribution in [0.3, 0.4) is 0 Å². The van der Waals surface area contributed by atoms with Crippen LogP contribution in [0.2, 0.25) is 0 Å². The Labute approximate surface area is 171 Å². The Morgan fingerprint density at radius 2 is 1.90 bits per heavy atom. The topological polar surface area (TPSA) is 75.7 Å². The van der Waals surface area contributed by atoms with Crippen molar-refractivity contribution in [1.29, 1.82) is 0 Å². The molecule has 1 amide bonds. The minimum atomic E-state index is -3.90.